The maximum absolute atomic E-state index is 13.0. The van der Waals surface area contributed by atoms with Gasteiger partial charge in [-0.15, -0.1) is 0 Å². The van der Waals surface area contributed by atoms with Crippen LogP contribution in [0.15, 0.2) is 18.2 Å². The van der Waals surface area contributed by atoms with Gasteiger partial charge in [-0.05, 0) is 31.4 Å². The summed E-state index contributed by atoms with van der Waals surface area (Å²) >= 11 is 0. The molecule has 2 heterocycles. The summed E-state index contributed by atoms with van der Waals surface area (Å²) < 4.78 is 10.8. The van der Waals surface area contributed by atoms with Crippen molar-refractivity contribution in [2.75, 3.05) is 31.3 Å². The fraction of sp³-hybridized carbons (Fsp3) is 0.600. The van der Waals surface area contributed by atoms with Gasteiger partial charge in [0, 0.05) is 37.4 Å². The summed E-state index contributed by atoms with van der Waals surface area (Å²) in [6.07, 6.45) is -1.35. The lowest BCUT2D eigenvalue weighted by Crippen LogP contribution is -2.57. The molecule has 0 aliphatic carbocycles. The van der Waals surface area contributed by atoms with Crippen LogP contribution in [0.2, 0.25) is 0 Å². The number of aliphatic hydroxyl groups is 1. The van der Waals surface area contributed by atoms with Crippen molar-refractivity contribution in [3.05, 3.63) is 18.2 Å². The normalized spacial score (nSPS) is 21.0. The predicted molar refractivity (Wildman–Crippen MR) is 103 cm³/mol. The van der Waals surface area contributed by atoms with E-state index < -0.39 is 18.0 Å². The first-order chi connectivity index (χ1) is 13.3. The van der Waals surface area contributed by atoms with Gasteiger partial charge in [0.25, 0.3) is 0 Å². The van der Waals surface area contributed by atoms with Crippen LogP contribution in [-0.4, -0.2) is 65.6 Å². The number of piperazine rings is 1. The van der Waals surface area contributed by atoms with Crippen molar-refractivity contribution >= 4 is 17.6 Å². The molecular formula is C20H28N2O6. The summed E-state index contributed by atoms with van der Waals surface area (Å²) in [5.74, 6) is -1.03. The highest BCUT2D eigenvalue weighted by Gasteiger charge is 2.38. The molecule has 1 fully saturated rings. The van der Waals surface area contributed by atoms with Crippen molar-refractivity contribution in [1.82, 2.24) is 4.90 Å². The number of anilines is 1. The molecule has 2 aliphatic rings. The number of aliphatic carboxylic acids is 1. The molecule has 8 nitrogen and oxygen atoms in total. The maximum atomic E-state index is 13.0. The molecule has 8 heteroatoms. The molecule has 2 aliphatic heterocycles. The standard InChI is InChI=1S/C20H28N2O6/c1-12(2)8-15(18(23)20(25)26)19(24)22-7-6-21(10-13(22)3)14-4-5-16-17(9-14)28-11-27-16/h4-5,9,12-13,15,18,23H,6-8,10-11H2,1-3H3,(H,25,26)/t13-,15+,18+/m1/s1. The highest BCUT2D eigenvalue weighted by Crippen LogP contribution is 2.36. The van der Waals surface area contributed by atoms with Crippen molar-refractivity contribution in [3.63, 3.8) is 0 Å². The van der Waals surface area contributed by atoms with E-state index in [0.717, 1.165) is 11.4 Å². The number of ether oxygens (including phenoxy) is 2. The molecule has 0 unspecified atom stereocenters. The number of carboxylic acid groups (broad SMARTS) is 1. The molecule has 0 radical (unpaired) electrons. The van der Waals surface area contributed by atoms with Crippen LogP contribution >= 0.6 is 0 Å². The van der Waals surface area contributed by atoms with Gasteiger partial charge in [-0.1, -0.05) is 13.8 Å². The number of hydrogen-bond acceptors (Lipinski definition) is 6. The van der Waals surface area contributed by atoms with E-state index >= 15 is 0 Å². The van der Waals surface area contributed by atoms with Crippen LogP contribution in [-0.2, 0) is 9.59 Å². The summed E-state index contributed by atoms with van der Waals surface area (Å²) in [5.41, 5.74) is 0.993. The second-order valence-corrected chi connectivity index (χ2v) is 7.88. The van der Waals surface area contributed by atoms with Gasteiger partial charge < -0.3 is 29.5 Å². The average molecular weight is 392 g/mol. The number of carboxylic acids is 1. The molecule has 0 saturated carbocycles. The van der Waals surface area contributed by atoms with Crippen molar-refractivity contribution in [2.45, 2.75) is 39.3 Å². The molecule has 28 heavy (non-hydrogen) atoms. The molecular weight excluding hydrogens is 364 g/mol. The van der Waals surface area contributed by atoms with Gasteiger partial charge in [-0.2, -0.15) is 0 Å². The predicted octanol–water partition coefficient (Wildman–Crippen LogP) is 1.56. The lowest BCUT2D eigenvalue weighted by atomic mass is 9.90. The summed E-state index contributed by atoms with van der Waals surface area (Å²) in [7, 11) is 0. The van der Waals surface area contributed by atoms with Gasteiger partial charge in [0.05, 0.1) is 5.92 Å². The first kappa shape index (κ1) is 20.3. The van der Waals surface area contributed by atoms with Gasteiger partial charge in [0.2, 0.25) is 12.7 Å². The van der Waals surface area contributed by atoms with E-state index in [1.54, 1.807) is 4.90 Å². The number of carbonyl (C=O) groups is 2. The number of benzene rings is 1. The molecule has 3 rings (SSSR count). The van der Waals surface area contributed by atoms with Crippen LogP contribution < -0.4 is 14.4 Å². The van der Waals surface area contributed by atoms with Crippen molar-refractivity contribution < 1.29 is 29.3 Å². The zero-order chi connectivity index (χ0) is 20.4. The third kappa shape index (κ3) is 4.16. The number of aliphatic hydroxyl groups excluding tert-OH is 1. The molecule has 0 bridgehead atoms. The Morgan fingerprint density at radius 3 is 2.57 bits per heavy atom. The Morgan fingerprint density at radius 2 is 1.93 bits per heavy atom. The number of rotatable bonds is 6. The smallest absolute Gasteiger partial charge is 0.333 e. The Labute approximate surface area is 164 Å². The number of hydrogen-bond donors (Lipinski definition) is 2. The fourth-order valence-electron chi connectivity index (χ4n) is 3.86. The number of amides is 1. The SMILES string of the molecule is CC(C)C[C@H](C(=O)N1CCN(c2ccc3c(c2)OCO3)C[C@H]1C)[C@H](O)C(=O)O. The Kier molecular flexibility index (Phi) is 5.98. The van der Waals surface area contributed by atoms with Crippen LogP contribution in [0.1, 0.15) is 27.2 Å². The molecule has 0 spiro atoms. The van der Waals surface area contributed by atoms with E-state index in [4.69, 9.17) is 9.47 Å². The van der Waals surface area contributed by atoms with Crippen LogP contribution in [0.3, 0.4) is 0 Å². The summed E-state index contributed by atoms with van der Waals surface area (Å²) in [6, 6.07) is 5.67. The number of nitrogens with zero attached hydrogens (tertiary/aromatic N) is 2. The minimum atomic E-state index is -1.69. The van der Waals surface area contributed by atoms with Gasteiger partial charge in [0.1, 0.15) is 0 Å². The molecule has 3 atom stereocenters. The minimum Gasteiger partial charge on any atom is -0.479 e. The maximum Gasteiger partial charge on any atom is 0.333 e. The molecule has 1 amide bonds. The fourth-order valence-corrected chi connectivity index (χ4v) is 3.86. The van der Waals surface area contributed by atoms with E-state index in [0.29, 0.717) is 31.8 Å². The molecule has 154 valence electrons. The number of fused-ring (bicyclic) bond motifs is 1. The van der Waals surface area contributed by atoms with Gasteiger partial charge in [-0.3, -0.25) is 4.79 Å². The topological polar surface area (TPSA) is 99.5 Å². The quantitative estimate of drug-likeness (QED) is 0.758. The molecule has 2 N–H and O–H groups in total. The van der Waals surface area contributed by atoms with Gasteiger partial charge in [-0.25, -0.2) is 4.79 Å². The highest BCUT2D eigenvalue weighted by atomic mass is 16.7. The lowest BCUT2D eigenvalue weighted by Gasteiger charge is -2.42. The van der Waals surface area contributed by atoms with Crippen LogP contribution in [0.4, 0.5) is 5.69 Å². The monoisotopic (exact) mass is 392 g/mol. The molecule has 1 aromatic carbocycles. The zero-order valence-corrected chi connectivity index (χ0v) is 16.5. The molecule has 1 aromatic rings. The largest absolute Gasteiger partial charge is 0.479 e. The third-order valence-corrected chi connectivity index (χ3v) is 5.31. The third-order valence-electron chi connectivity index (χ3n) is 5.31. The van der Waals surface area contributed by atoms with Crippen LogP contribution in [0, 0.1) is 11.8 Å². The summed E-state index contributed by atoms with van der Waals surface area (Å²) in [5, 5.41) is 19.3. The summed E-state index contributed by atoms with van der Waals surface area (Å²) in [6.45, 7) is 7.69. The molecule has 1 saturated heterocycles. The average Bonchev–Trinajstić information content (AvgIpc) is 3.12. The van der Waals surface area contributed by atoms with Crippen molar-refractivity contribution in [2.24, 2.45) is 11.8 Å². The Hall–Kier alpha value is -2.48. The first-order valence-corrected chi connectivity index (χ1v) is 9.64. The van der Waals surface area contributed by atoms with E-state index in [-0.39, 0.29) is 24.7 Å². The minimum absolute atomic E-state index is 0.105. The van der Waals surface area contributed by atoms with Crippen molar-refractivity contribution in [3.8, 4) is 11.5 Å². The van der Waals surface area contributed by atoms with E-state index in [1.807, 2.05) is 39.0 Å². The highest BCUT2D eigenvalue weighted by molar-refractivity contribution is 5.86. The Balaban J connectivity index is 1.70. The second-order valence-electron chi connectivity index (χ2n) is 7.88. The van der Waals surface area contributed by atoms with E-state index in [1.165, 1.54) is 0 Å². The number of carbonyl (C=O) groups excluding carboxylic acids is 1. The van der Waals surface area contributed by atoms with Crippen LogP contribution in [0.5, 0.6) is 11.5 Å². The first-order valence-electron chi connectivity index (χ1n) is 9.64. The molecule has 0 aromatic heterocycles. The zero-order valence-electron chi connectivity index (χ0n) is 16.5. The Bertz CT molecular complexity index is 737. The van der Waals surface area contributed by atoms with Gasteiger partial charge >= 0.3 is 5.97 Å². The lowest BCUT2D eigenvalue weighted by molar-refractivity contribution is -0.158. The van der Waals surface area contributed by atoms with E-state index in [9.17, 15) is 19.8 Å². The second kappa shape index (κ2) is 8.26. The van der Waals surface area contributed by atoms with E-state index in [2.05, 4.69) is 4.90 Å². The van der Waals surface area contributed by atoms with Crippen molar-refractivity contribution in [1.29, 1.82) is 0 Å². The van der Waals surface area contributed by atoms with Crippen LogP contribution in [0.25, 0.3) is 0 Å². The summed E-state index contributed by atoms with van der Waals surface area (Å²) in [4.78, 5) is 28.2. The van der Waals surface area contributed by atoms with Gasteiger partial charge in [0.15, 0.2) is 17.6 Å². The Morgan fingerprint density at radius 1 is 1.21 bits per heavy atom.